The minimum Gasteiger partial charge on any atom is -0.478 e. The Balaban J connectivity index is 0.000000449. The van der Waals surface area contributed by atoms with E-state index in [1.807, 2.05) is 20.8 Å². The van der Waals surface area contributed by atoms with Gasteiger partial charge in [0.25, 0.3) is 0 Å². The van der Waals surface area contributed by atoms with Crippen molar-refractivity contribution in [1.82, 2.24) is 4.90 Å². The largest absolute Gasteiger partial charge is 0.478 e. The Kier molecular flexibility index (Phi) is 7.13. The van der Waals surface area contributed by atoms with Crippen molar-refractivity contribution in [1.29, 1.82) is 0 Å². The first-order chi connectivity index (χ1) is 10.7. The Morgan fingerprint density at radius 3 is 1.67 bits per heavy atom. The third-order valence-electron chi connectivity index (χ3n) is 2.80. The van der Waals surface area contributed by atoms with Gasteiger partial charge in [-0.2, -0.15) is 0 Å². The zero-order valence-corrected chi connectivity index (χ0v) is 13.6. The Morgan fingerprint density at radius 2 is 1.46 bits per heavy atom. The molecule has 138 valence electrons. The number of amides is 1. The van der Waals surface area contributed by atoms with Gasteiger partial charge in [-0.05, 0) is 27.2 Å². The summed E-state index contributed by atoms with van der Waals surface area (Å²) in [4.78, 5) is 42.8. The number of hydrogen-bond acceptors (Lipinski definition) is 7. The maximum Gasteiger partial charge on any atom is 0.410 e. The van der Waals surface area contributed by atoms with Gasteiger partial charge >= 0.3 is 29.6 Å². The molecule has 0 saturated carbocycles. The average molecular weight is 350 g/mol. The van der Waals surface area contributed by atoms with E-state index in [-0.39, 0.29) is 12.1 Å². The van der Waals surface area contributed by atoms with E-state index >= 15 is 0 Å². The first-order valence-electron chi connectivity index (χ1n) is 6.88. The van der Waals surface area contributed by atoms with Gasteiger partial charge in [0.2, 0.25) is 0 Å². The monoisotopic (exact) mass is 350 g/mol. The zero-order valence-electron chi connectivity index (χ0n) is 13.6. The van der Waals surface area contributed by atoms with Crippen LogP contribution in [-0.4, -0.2) is 79.7 Å². The smallest absolute Gasteiger partial charge is 0.410 e. The van der Waals surface area contributed by atoms with Crippen LogP contribution >= 0.6 is 0 Å². The zero-order chi connectivity index (χ0) is 19.3. The van der Waals surface area contributed by atoms with Crippen LogP contribution in [0.2, 0.25) is 0 Å². The number of aliphatic carboxylic acids is 3. The summed E-state index contributed by atoms with van der Waals surface area (Å²) in [5.41, 5.74) is 1.51. The highest BCUT2D eigenvalue weighted by molar-refractivity contribution is 6.19. The van der Waals surface area contributed by atoms with E-state index in [4.69, 9.17) is 30.9 Å². The quantitative estimate of drug-likeness (QED) is 0.392. The van der Waals surface area contributed by atoms with E-state index in [9.17, 15) is 19.2 Å². The molecule has 1 rings (SSSR count). The maximum absolute atomic E-state index is 11.5. The number of rotatable bonds is 3. The van der Waals surface area contributed by atoms with Crippen molar-refractivity contribution in [3.05, 3.63) is 0 Å². The second-order valence-electron chi connectivity index (χ2n) is 6.10. The highest BCUT2D eigenvalue weighted by atomic mass is 16.6. The summed E-state index contributed by atoms with van der Waals surface area (Å²) in [7, 11) is 0. The number of carbonyl (C=O) groups is 4. The summed E-state index contributed by atoms with van der Waals surface area (Å²) in [6, 6.07) is 0.118. The van der Waals surface area contributed by atoms with Gasteiger partial charge in [0.1, 0.15) is 5.60 Å². The summed E-state index contributed by atoms with van der Waals surface area (Å²) < 4.78 is 5.20. The molecular formula is C13H22N2O9. The van der Waals surface area contributed by atoms with Crippen molar-refractivity contribution < 1.29 is 44.3 Å². The highest BCUT2D eigenvalue weighted by Crippen LogP contribution is 2.14. The lowest BCUT2D eigenvalue weighted by Gasteiger charge is -2.24. The Labute approximate surface area is 137 Å². The van der Waals surface area contributed by atoms with Crippen LogP contribution in [0.1, 0.15) is 27.2 Å². The van der Waals surface area contributed by atoms with Crippen LogP contribution in [0, 0.1) is 0 Å². The molecule has 11 nitrogen and oxygen atoms in total. The summed E-state index contributed by atoms with van der Waals surface area (Å²) in [6.07, 6.45) is 0.625. The van der Waals surface area contributed by atoms with Crippen LogP contribution in [0.25, 0.3) is 0 Å². The molecule has 0 bridgehead atoms. The van der Waals surface area contributed by atoms with Crippen LogP contribution in [0.5, 0.6) is 0 Å². The van der Waals surface area contributed by atoms with Gasteiger partial charge in [-0.1, -0.05) is 0 Å². The number of nitrogens with two attached hydrogens (primary N) is 1. The topological polar surface area (TPSA) is 188 Å². The fourth-order valence-corrected chi connectivity index (χ4v) is 1.55. The van der Waals surface area contributed by atoms with Gasteiger partial charge in [0.15, 0.2) is 0 Å². The molecule has 1 fully saturated rings. The average Bonchev–Trinajstić information content (AvgIpc) is 2.82. The van der Waals surface area contributed by atoms with Gasteiger partial charge in [0, 0.05) is 19.1 Å². The van der Waals surface area contributed by atoms with Crippen LogP contribution < -0.4 is 5.73 Å². The number of nitrogens with zero attached hydrogens (tertiary/aromatic N) is 1. The van der Waals surface area contributed by atoms with Crippen molar-refractivity contribution in [2.75, 3.05) is 13.1 Å². The lowest BCUT2D eigenvalue weighted by molar-refractivity contribution is -0.186. The van der Waals surface area contributed by atoms with Crippen LogP contribution in [-0.2, 0) is 19.1 Å². The van der Waals surface area contributed by atoms with E-state index in [1.165, 1.54) is 0 Å². The SMILES string of the molecule is CC(C)(C)OC(=O)N1CC[C@@H](N)C1.O=C(O)C(O)(C(=O)O)C(=O)O. The molecule has 0 aromatic heterocycles. The van der Waals surface area contributed by atoms with Gasteiger partial charge in [-0.3, -0.25) is 0 Å². The van der Waals surface area contributed by atoms with E-state index in [0.29, 0.717) is 6.54 Å². The van der Waals surface area contributed by atoms with Crippen molar-refractivity contribution in [2.24, 2.45) is 5.73 Å². The normalized spacial score (nSPS) is 17.5. The molecule has 11 heteroatoms. The summed E-state index contributed by atoms with van der Waals surface area (Å²) in [6.45, 7) is 6.92. The molecule has 1 aliphatic rings. The minimum absolute atomic E-state index is 0.118. The molecule has 0 aliphatic carbocycles. The summed E-state index contributed by atoms with van der Waals surface area (Å²) in [5, 5.41) is 32.3. The number of likely N-dealkylation sites (tertiary alicyclic amines) is 1. The van der Waals surface area contributed by atoms with Crippen molar-refractivity contribution in [3.8, 4) is 0 Å². The Bertz CT molecular complexity index is 476. The molecular weight excluding hydrogens is 328 g/mol. The molecule has 1 heterocycles. The van der Waals surface area contributed by atoms with Gasteiger partial charge in [0.05, 0.1) is 0 Å². The predicted octanol–water partition coefficient (Wildman–Crippen LogP) is -1.07. The fraction of sp³-hybridized carbons (Fsp3) is 0.692. The fourth-order valence-electron chi connectivity index (χ4n) is 1.55. The number of carboxylic acids is 3. The first kappa shape index (κ1) is 21.6. The van der Waals surface area contributed by atoms with E-state index < -0.39 is 29.1 Å². The van der Waals surface area contributed by atoms with Crippen LogP contribution in [0.4, 0.5) is 4.79 Å². The summed E-state index contributed by atoms with van der Waals surface area (Å²) in [5.74, 6) is -7.01. The van der Waals surface area contributed by atoms with E-state index in [1.54, 1.807) is 4.90 Å². The summed E-state index contributed by atoms with van der Waals surface area (Å²) >= 11 is 0. The van der Waals surface area contributed by atoms with Crippen LogP contribution in [0.15, 0.2) is 0 Å². The van der Waals surface area contributed by atoms with Crippen LogP contribution in [0.3, 0.4) is 0 Å². The van der Waals surface area contributed by atoms with Gasteiger partial charge in [-0.25, -0.2) is 19.2 Å². The number of carbonyl (C=O) groups excluding carboxylic acids is 1. The lowest BCUT2D eigenvalue weighted by Crippen LogP contribution is -2.53. The number of hydrogen-bond donors (Lipinski definition) is 5. The number of aliphatic hydroxyl groups is 1. The molecule has 24 heavy (non-hydrogen) atoms. The Morgan fingerprint density at radius 1 is 1.04 bits per heavy atom. The Hall–Kier alpha value is -2.40. The molecule has 1 aliphatic heterocycles. The molecule has 0 aromatic rings. The maximum atomic E-state index is 11.5. The highest BCUT2D eigenvalue weighted by Gasteiger charge is 2.53. The molecule has 1 amide bonds. The molecule has 0 unspecified atom stereocenters. The van der Waals surface area contributed by atoms with Gasteiger partial charge in [-0.15, -0.1) is 0 Å². The van der Waals surface area contributed by atoms with Crippen molar-refractivity contribution in [2.45, 2.75) is 44.4 Å². The minimum atomic E-state index is -3.75. The van der Waals surface area contributed by atoms with E-state index in [0.717, 1.165) is 13.0 Å². The lowest BCUT2D eigenvalue weighted by atomic mass is 10.1. The third-order valence-corrected chi connectivity index (χ3v) is 2.80. The number of carboxylic acid groups (broad SMARTS) is 3. The van der Waals surface area contributed by atoms with Gasteiger partial charge < -0.3 is 35.8 Å². The van der Waals surface area contributed by atoms with Crippen molar-refractivity contribution >= 4 is 24.0 Å². The van der Waals surface area contributed by atoms with E-state index in [2.05, 4.69) is 0 Å². The molecule has 6 N–H and O–H groups in total. The molecule has 0 aromatic carbocycles. The molecule has 1 saturated heterocycles. The first-order valence-corrected chi connectivity index (χ1v) is 6.88. The third kappa shape index (κ3) is 6.01. The number of ether oxygens (including phenoxy) is 1. The molecule has 0 radical (unpaired) electrons. The second-order valence-corrected chi connectivity index (χ2v) is 6.10. The molecule has 1 atom stereocenters. The standard InChI is InChI=1S/C9H18N2O2.C4H4O7/c1-9(2,3)13-8(12)11-5-4-7(10)6-11;5-1(6)4(11,2(7)8)3(9)10/h7H,4-6,10H2,1-3H3;11H,(H,5,6)(H,7,8)(H,9,10)/t7-;/m1./s1. The molecule has 0 spiro atoms. The second kappa shape index (κ2) is 7.93. The predicted molar refractivity (Wildman–Crippen MR) is 78.3 cm³/mol. The van der Waals surface area contributed by atoms with Crippen molar-refractivity contribution in [3.63, 3.8) is 0 Å².